The summed E-state index contributed by atoms with van der Waals surface area (Å²) in [6, 6.07) is 9.80. The van der Waals surface area contributed by atoms with Gasteiger partial charge < -0.3 is 20.1 Å². The molecule has 0 aliphatic heterocycles. The van der Waals surface area contributed by atoms with Gasteiger partial charge in [-0.25, -0.2) is 15.0 Å². The molecule has 0 radical (unpaired) electrons. The first-order chi connectivity index (χ1) is 14.2. The summed E-state index contributed by atoms with van der Waals surface area (Å²) in [7, 11) is 3.25. The predicted molar refractivity (Wildman–Crippen MR) is 128 cm³/mol. The van der Waals surface area contributed by atoms with Gasteiger partial charge in [-0.1, -0.05) is 6.07 Å². The Kier molecular flexibility index (Phi) is 9.39. The number of ether oxygens (including phenoxy) is 2. The zero-order valence-electron chi connectivity index (χ0n) is 17.3. The summed E-state index contributed by atoms with van der Waals surface area (Å²) >= 11 is 0. The van der Waals surface area contributed by atoms with Gasteiger partial charge in [-0.3, -0.25) is 4.57 Å². The van der Waals surface area contributed by atoms with Gasteiger partial charge in [-0.15, -0.1) is 24.0 Å². The van der Waals surface area contributed by atoms with E-state index in [2.05, 4.69) is 25.6 Å². The molecule has 0 fully saturated rings. The topological polar surface area (TPSA) is 85.6 Å². The summed E-state index contributed by atoms with van der Waals surface area (Å²) in [6.07, 6.45) is 7.12. The normalized spacial score (nSPS) is 10.8. The van der Waals surface area contributed by atoms with Crippen LogP contribution in [0, 0.1) is 0 Å². The number of benzene rings is 1. The quantitative estimate of drug-likeness (QED) is 0.269. The average Bonchev–Trinajstić information content (AvgIpc) is 3.30. The van der Waals surface area contributed by atoms with Gasteiger partial charge in [0.2, 0.25) is 0 Å². The molecule has 2 aromatic heterocycles. The number of aliphatic imine (C=N–C) groups is 1. The second kappa shape index (κ2) is 12.0. The minimum atomic E-state index is 0. The Morgan fingerprint density at radius 3 is 2.57 bits per heavy atom. The van der Waals surface area contributed by atoms with E-state index < -0.39 is 0 Å². The first kappa shape index (κ1) is 23.5. The standard InChI is InChI=1S/C21H26N6O2.HI/c1-4-23-21(25-13-16-5-6-18(28-2)19(11-16)29-3)26-14-17-7-8-24-20(12-17)27-10-9-22-15-27;/h5-12,15H,4,13-14H2,1-3H3,(H2,23,25,26);1H. The molecule has 0 aliphatic rings. The largest absolute Gasteiger partial charge is 0.493 e. The van der Waals surface area contributed by atoms with Crippen molar-refractivity contribution in [3.05, 3.63) is 66.4 Å². The highest BCUT2D eigenvalue weighted by molar-refractivity contribution is 14.0. The number of methoxy groups -OCH3 is 2. The second-order valence-corrected chi connectivity index (χ2v) is 6.23. The van der Waals surface area contributed by atoms with Crippen LogP contribution in [0.4, 0.5) is 0 Å². The fraction of sp³-hybridized carbons (Fsp3) is 0.286. The average molecular weight is 522 g/mol. The monoisotopic (exact) mass is 522 g/mol. The Balaban J connectivity index is 0.00000320. The molecule has 0 spiro atoms. The van der Waals surface area contributed by atoms with E-state index in [1.54, 1.807) is 32.9 Å². The lowest BCUT2D eigenvalue weighted by molar-refractivity contribution is 0.354. The number of rotatable bonds is 8. The second-order valence-electron chi connectivity index (χ2n) is 6.23. The van der Waals surface area contributed by atoms with Gasteiger partial charge in [0.15, 0.2) is 17.5 Å². The van der Waals surface area contributed by atoms with Gasteiger partial charge >= 0.3 is 0 Å². The van der Waals surface area contributed by atoms with E-state index in [1.807, 2.05) is 48.0 Å². The van der Waals surface area contributed by atoms with Crippen LogP contribution in [-0.2, 0) is 13.1 Å². The maximum absolute atomic E-state index is 5.36. The molecule has 0 amide bonds. The van der Waals surface area contributed by atoms with Gasteiger partial charge in [0.25, 0.3) is 0 Å². The Morgan fingerprint density at radius 1 is 1.03 bits per heavy atom. The molecule has 8 nitrogen and oxygen atoms in total. The van der Waals surface area contributed by atoms with Crippen molar-refractivity contribution in [3.63, 3.8) is 0 Å². The summed E-state index contributed by atoms with van der Waals surface area (Å²) in [4.78, 5) is 13.1. The lowest BCUT2D eigenvalue weighted by Gasteiger charge is -2.13. The Bertz CT molecular complexity index is 946. The highest BCUT2D eigenvalue weighted by Crippen LogP contribution is 2.27. The predicted octanol–water partition coefficient (Wildman–Crippen LogP) is 3.16. The molecule has 0 saturated carbocycles. The van der Waals surface area contributed by atoms with Crippen molar-refractivity contribution in [2.24, 2.45) is 4.99 Å². The summed E-state index contributed by atoms with van der Waals surface area (Å²) in [6.45, 7) is 3.96. The molecule has 0 saturated heterocycles. The first-order valence-electron chi connectivity index (χ1n) is 9.39. The summed E-state index contributed by atoms with van der Waals surface area (Å²) in [5.74, 6) is 2.97. The molecule has 30 heavy (non-hydrogen) atoms. The van der Waals surface area contributed by atoms with Crippen LogP contribution in [0.1, 0.15) is 18.1 Å². The van der Waals surface area contributed by atoms with Gasteiger partial charge in [-0.2, -0.15) is 0 Å². The van der Waals surface area contributed by atoms with Gasteiger partial charge in [0.1, 0.15) is 12.1 Å². The third-order valence-corrected chi connectivity index (χ3v) is 4.25. The molecule has 1 aromatic carbocycles. The molecule has 9 heteroatoms. The summed E-state index contributed by atoms with van der Waals surface area (Å²) in [5.41, 5.74) is 2.13. The maximum atomic E-state index is 5.36. The van der Waals surface area contributed by atoms with Crippen molar-refractivity contribution >= 4 is 29.9 Å². The minimum Gasteiger partial charge on any atom is -0.493 e. The zero-order valence-corrected chi connectivity index (χ0v) is 19.7. The molecule has 3 aromatic rings. The van der Waals surface area contributed by atoms with Gasteiger partial charge in [0, 0.05) is 31.7 Å². The van der Waals surface area contributed by atoms with Crippen LogP contribution in [0.3, 0.4) is 0 Å². The lowest BCUT2D eigenvalue weighted by atomic mass is 10.2. The van der Waals surface area contributed by atoms with Crippen LogP contribution >= 0.6 is 24.0 Å². The molecule has 2 N–H and O–H groups in total. The van der Waals surface area contributed by atoms with E-state index >= 15 is 0 Å². The molecule has 0 aliphatic carbocycles. The van der Waals surface area contributed by atoms with Gasteiger partial charge in [-0.05, 0) is 42.3 Å². The third-order valence-electron chi connectivity index (χ3n) is 4.25. The fourth-order valence-corrected chi connectivity index (χ4v) is 2.78. The SMILES string of the molecule is CCNC(=NCc1ccc(OC)c(OC)c1)NCc1ccnc(-n2ccnc2)c1.I. The molecule has 3 rings (SSSR count). The highest BCUT2D eigenvalue weighted by Gasteiger charge is 2.05. The van der Waals surface area contributed by atoms with E-state index in [4.69, 9.17) is 9.47 Å². The van der Waals surface area contributed by atoms with E-state index in [9.17, 15) is 0 Å². The van der Waals surface area contributed by atoms with Crippen LogP contribution in [0.2, 0.25) is 0 Å². The number of hydrogen-bond donors (Lipinski definition) is 2. The number of halogens is 1. The first-order valence-corrected chi connectivity index (χ1v) is 9.39. The molecular formula is C21H27IN6O2. The van der Waals surface area contributed by atoms with Crippen LogP contribution < -0.4 is 20.1 Å². The van der Waals surface area contributed by atoms with E-state index in [0.29, 0.717) is 24.6 Å². The van der Waals surface area contributed by atoms with Crippen LogP contribution in [-0.4, -0.2) is 41.3 Å². The van der Waals surface area contributed by atoms with Crippen molar-refractivity contribution in [1.29, 1.82) is 0 Å². The third kappa shape index (κ3) is 6.34. The van der Waals surface area contributed by atoms with Crippen molar-refractivity contribution in [1.82, 2.24) is 25.2 Å². The fourth-order valence-electron chi connectivity index (χ4n) is 2.78. The molecule has 0 bridgehead atoms. The number of nitrogens with one attached hydrogen (secondary N) is 2. The Morgan fingerprint density at radius 2 is 1.87 bits per heavy atom. The number of nitrogens with zero attached hydrogens (tertiary/aromatic N) is 4. The van der Waals surface area contributed by atoms with Crippen molar-refractivity contribution < 1.29 is 9.47 Å². The number of aromatic nitrogens is 3. The molecule has 0 atom stereocenters. The molecular weight excluding hydrogens is 495 g/mol. The zero-order chi connectivity index (χ0) is 20.5. The number of imidazole rings is 1. The van der Waals surface area contributed by atoms with Crippen molar-refractivity contribution in [2.75, 3.05) is 20.8 Å². The summed E-state index contributed by atoms with van der Waals surface area (Å²) in [5, 5.41) is 6.63. The van der Waals surface area contributed by atoms with Crippen LogP contribution in [0.25, 0.3) is 5.82 Å². The molecule has 0 unspecified atom stereocenters. The van der Waals surface area contributed by atoms with Crippen LogP contribution in [0.15, 0.2) is 60.2 Å². The van der Waals surface area contributed by atoms with Crippen molar-refractivity contribution in [3.8, 4) is 17.3 Å². The number of guanidine groups is 1. The molecule has 160 valence electrons. The van der Waals surface area contributed by atoms with E-state index in [0.717, 1.165) is 29.4 Å². The number of pyridine rings is 1. The smallest absolute Gasteiger partial charge is 0.191 e. The van der Waals surface area contributed by atoms with Gasteiger partial charge in [0.05, 0.1) is 20.8 Å². The lowest BCUT2D eigenvalue weighted by Crippen LogP contribution is -2.36. The Labute approximate surface area is 193 Å². The Hall–Kier alpha value is -2.82. The molecule has 2 heterocycles. The van der Waals surface area contributed by atoms with Crippen molar-refractivity contribution in [2.45, 2.75) is 20.0 Å². The summed E-state index contributed by atoms with van der Waals surface area (Å²) < 4.78 is 12.5. The highest BCUT2D eigenvalue weighted by atomic mass is 127. The number of hydrogen-bond acceptors (Lipinski definition) is 5. The minimum absolute atomic E-state index is 0. The maximum Gasteiger partial charge on any atom is 0.191 e. The van der Waals surface area contributed by atoms with E-state index in [-0.39, 0.29) is 24.0 Å². The van der Waals surface area contributed by atoms with Crippen LogP contribution in [0.5, 0.6) is 11.5 Å². The van der Waals surface area contributed by atoms with E-state index in [1.165, 1.54) is 0 Å².